The van der Waals surface area contributed by atoms with Crippen LogP contribution in [0, 0.1) is 0 Å². The van der Waals surface area contributed by atoms with Gasteiger partial charge in [-0.3, -0.25) is 0 Å². The zero-order valence-electron chi connectivity index (χ0n) is 9.21. The van der Waals surface area contributed by atoms with Gasteiger partial charge in [-0.2, -0.15) is 0 Å². The van der Waals surface area contributed by atoms with Gasteiger partial charge in [0.05, 0.1) is 0 Å². The van der Waals surface area contributed by atoms with Crippen molar-refractivity contribution >= 4 is 11.3 Å². The molecule has 1 aromatic heterocycles. The van der Waals surface area contributed by atoms with Crippen LogP contribution in [0.25, 0.3) is 0 Å². The maximum absolute atomic E-state index is 6.00. The molecule has 0 amide bonds. The molecule has 2 unspecified atom stereocenters. The summed E-state index contributed by atoms with van der Waals surface area (Å²) < 4.78 is 0. The molecule has 0 aromatic carbocycles. The van der Waals surface area contributed by atoms with Gasteiger partial charge in [0, 0.05) is 21.7 Å². The van der Waals surface area contributed by atoms with Crippen molar-refractivity contribution in [1.82, 2.24) is 0 Å². The van der Waals surface area contributed by atoms with E-state index in [0.717, 1.165) is 0 Å². The first-order valence-electron chi connectivity index (χ1n) is 5.47. The molecule has 78 valence electrons. The molecule has 1 nitrogen and oxygen atoms in total. The second-order valence-corrected chi connectivity index (χ2v) is 5.85. The number of thiophene rings is 1. The van der Waals surface area contributed by atoms with Crippen LogP contribution in [0.3, 0.4) is 0 Å². The zero-order valence-corrected chi connectivity index (χ0v) is 10.0. The van der Waals surface area contributed by atoms with E-state index < -0.39 is 0 Å². The van der Waals surface area contributed by atoms with Crippen LogP contribution in [0.15, 0.2) is 6.07 Å². The van der Waals surface area contributed by atoms with Gasteiger partial charge in [-0.05, 0) is 37.3 Å². The molecular formula is C12H19NS. The molecule has 2 rings (SSSR count). The predicted octanol–water partition coefficient (Wildman–Crippen LogP) is 3.25. The molecule has 1 aliphatic carbocycles. The molecule has 0 fully saturated rings. The van der Waals surface area contributed by atoms with Crippen molar-refractivity contribution in [1.29, 1.82) is 0 Å². The number of hydrogen-bond donors (Lipinski definition) is 1. The summed E-state index contributed by atoms with van der Waals surface area (Å²) in [5.41, 5.74) is 7.55. The lowest BCUT2D eigenvalue weighted by Gasteiger charge is -2.14. The van der Waals surface area contributed by atoms with Gasteiger partial charge >= 0.3 is 0 Å². The second kappa shape index (κ2) is 3.67. The van der Waals surface area contributed by atoms with Crippen LogP contribution in [0.2, 0.25) is 0 Å². The monoisotopic (exact) mass is 209 g/mol. The van der Waals surface area contributed by atoms with Crippen molar-refractivity contribution in [2.24, 2.45) is 5.73 Å². The first-order chi connectivity index (χ1) is 6.59. The van der Waals surface area contributed by atoms with Gasteiger partial charge < -0.3 is 5.73 Å². The molecule has 1 aliphatic rings. The molecular weight excluding hydrogens is 190 g/mol. The van der Waals surface area contributed by atoms with E-state index in [1.54, 1.807) is 10.4 Å². The van der Waals surface area contributed by atoms with E-state index in [4.69, 9.17) is 5.73 Å². The summed E-state index contributed by atoms with van der Waals surface area (Å²) in [5.74, 6) is 1.29. The van der Waals surface area contributed by atoms with Crippen LogP contribution < -0.4 is 5.73 Å². The van der Waals surface area contributed by atoms with Crippen molar-refractivity contribution in [2.45, 2.75) is 51.5 Å². The molecule has 1 aromatic rings. The Kier molecular flexibility index (Phi) is 2.67. The van der Waals surface area contributed by atoms with E-state index in [1.165, 1.54) is 17.7 Å². The Hall–Kier alpha value is -0.340. The van der Waals surface area contributed by atoms with E-state index in [2.05, 4.69) is 26.8 Å². The van der Waals surface area contributed by atoms with Crippen LogP contribution >= 0.6 is 11.3 Å². The van der Waals surface area contributed by atoms with E-state index in [1.807, 2.05) is 11.3 Å². The smallest absolute Gasteiger partial charge is 0.00839 e. The molecule has 1 heterocycles. The summed E-state index contributed by atoms with van der Waals surface area (Å²) in [5, 5.41) is 0. The highest BCUT2D eigenvalue weighted by Gasteiger charge is 2.27. The number of rotatable bonds is 2. The predicted molar refractivity (Wildman–Crippen MR) is 63.1 cm³/mol. The fourth-order valence-corrected chi connectivity index (χ4v) is 3.50. The molecule has 0 aliphatic heterocycles. The highest BCUT2D eigenvalue weighted by atomic mass is 32.1. The maximum Gasteiger partial charge on any atom is 0.00839 e. The number of fused-ring (bicyclic) bond motifs is 1. The first-order valence-corrected chi connectivity index (χ1v) is 6.29. The summed E-state index contributed by atoms with van der Waals surface area (Å²) in [7, 11) is 0. The molecule has 2 atom stereocenters. The Labute approximate surface area is 90.3 Å². The average Bonchev–Trinajstić information content (AvgIpc) is 2.58. The zero-order chi connectivity index (χ0) is 10.3. The summed E-state index contributed by atoms with van der Waals surface area (Å²) in [4.78, 5) is 3.12. The minimum absolute atomic E-state index is 0.311. The van der Waals surface area contributed by atoms with Crippen molar-refractivity contribution in [3.8, 4) is 0 Å². The molecule has 0 saturated heterocycles. The van der Waals surface area contributed by atoms with Crippen LogP contribution in [0.1, 0.15) is 54.3 Å². The molecule has 0 bridgehead atoms. The van der Waals surface area contributed by atoms with E-state index in [9.17, 15) is 0 Å². The van der Waals surface area contributed by atoms with Crippen LogP contribution in [0.5, 0.6) is 0 Å². The lowest BCUT2D eigenvalue weighted by Crippen LogP contribution is -2.22. The quantitative estimate of drug-likeness (QED) is 0.795. The van der Waals surface area contributed by atoms with Crippen molar-refractivity contribution < 1.29 is 0 Å². The molecule has 2 heteroatoms. The molecule has 0 radical (unpaired) electrons. The maximum atomic E-state index is 6.00. The second-order valence-electron chi connectivity index (χ2n) is 4.69. The number of nitrogens with two attached hydrogens (primary N) is 1. The summed E-state index contributed by atoms with van der Waals surface area (Å²) >= 11 is 2.00. The third-order valence-corrected chi connectivity index (χ3v) is 4.66. The molecule has 0 spiro atoms. The van der Waals surface area contributed by atoms with Gasteiger partial charge in [0.15, 0.2) is 0 Å². The van der Waals surface area contributed by atoms with Crippen molar-refractivity contribution in [3.05, 3.63) is 21.4 Å². The van der Waals surface area contributed by atoms with Crippen molar-refractivity contribution in [3.63, 3.8) is 0 Å². The van der Waals surface area contributed by atoms with Gasteiger partial charge in [0.1, 0.15) is 0 Å². The van der Waals surface area contributed by atoms with Crippen molar-refractivity contribution in [2.75, 3.05) is 0 Å². The lowest BCUT2D eigenvalue weighted by atomic mass is 9.96. The first kappa shape index (κ1) is 10.2. The Morgan fingerprint density at radius 1 is 1.43 bits per heavy atom. The minimum atomic E-state index is 0.311. The van der Waals surface area contributed by atoms with E-state index in [0.29, 0.717) is 17.9 Å². The van der Waals surface area contributed by atoms with Gasteiger partial charge in [-0.15, -0.1) is 11.3 Å². The Morgan fingerprint density at radius 2 is 2.14 bits per heavy atom. The van der Waals surface area contributed by atoms with E-state index >= 15 is 0 Å². The SMILES string of the molecule is CC(C)c1cc2c(s1)CCC2C(C)N. The molecule has 2 N–H and O–H groups in total. The molecule has 14 heavy (non-hydrogen) atoms. The summed E-state index contributed by atoms with van der Waals surface area (Å²) in [6, 6.07) is 2.71. The van der Waals surface area contributed by atoms with Gasteiger partial charge in [-0.1, -0.05) is 13.8 Å². The topological polar surface area (TPSA) is 26.0 Å². The Morgan fingerprint density at radius 3 is 2.71 bits per heavy atom. The Balaban J connectivity index is 2.30. The number of hydrogen-bond acceptors (Lipinski definition) is 2. The van der Waals surface area contributed by atoms with E-state index in [-0.39, 0.29) is 0 Å². The minimum Gasteiger partial charge on any atom is -0.327 e. The highest BCUT2D eigenvalue weighted by Crippen LogP contribution is 2.41. The highest BCUT2D eigenvalue weighted by molar-refractivity contribution is 7.12. The third-order valence-electron chi connectivity index (χ3n) is 3.15. The fourth-order valence-electron chi connectivity index (χ4n) is 2.25. The van der Waals surface area contributed by atoms with Gasteiger partial charge in [0.2, 0.25) is 0 Å². The van der Waals surface area contributed by atoms with Crippen LogP contribution in [-0.4, -0.2) is 6.04 Å². The average molecular weight is 209 g/mol. The van der Waals surface area contributed by atoms with Crippen LogP contribution in [-0.2, 0) is 6.42 Å². The largest absolute Gasteiger partial charge is 0.327 e. The lowest BCUT2D eigenvalue weighted by molar-refractivity contribution is 0.564. The van der Waals surface area contributed by atoms with Gasteiger partial charge in [-0.25, -0.2) is 0 Å². The summed E-state index contributed by atoms with van der Waals surface area (Å²) in [6.45, 7) is 6.66. The number of aryl methyl sites for hydroxylation is 1. The molecule has 0 saturated carbocycles. The Bertz CT molecular complexity index is 325. The summed E-state index contributed by atoms with van der Waals surface area (Å²) in [6.07, 6.45) is 2.51. The third kappa shape index (κ3) is 1.61. The fraction of sp³-hybridized carbons (Fsp3) is 0.667. The standard InChI is InChI=1S/C12H19NS/c1-7(2)12-6-10-9(8(3)13)4-5-11(10)14-12/h6-9H,4-5,13H2,1-3H3. The normalized spacial score (nSPS) is 22.8. The van der Waals surface area contributed by atoms with Gasteiger partial charge in [0.25, 0.3) is 0 Å². The van der Waals surface area contributed by atoms with Crippen LogP contribution in [0.4, 0.5) is 0 Å².